The summed E-state index contributed by atoms with van der Waals surface area (Å²) in [7, 11) is 0. The average Bonchev–Trinajstić information content (AvgIpc) is 2.49. The van der Waals surface area contributed by atoms with E-state index in [9.17, 15) is 19.5 Å². The first-order chi connectivity index (χ1) is 12.5. The van der Waals surface area contributed by atoms with Crippen molar-refractivity contribution < 1.29 is 29.0 Å². The minimum atomic E-state index is -1.05. The number of hydrogen-bond acceptors (Lipinski definition) is 5. The summed E-state index contributed by atoms with van der Waals surface area (Å²) >= 11 is 0. The molecule has 0 aliphatic heterocycles. The van der Waals surface area contributed by atoms with E-state index in [0.717, 1.165) is 12.8 Å². The van der Waals surface area contributed by atoms with E-state index in [-0.39, 0.29) is 23.8 Å². The van der Waals surface area contributed by atoms with Crippen molar-refractivity contribution in [3.05, 3.63) is 11.6 Å². The minimum absolute atomic E-state index is 0.124. The first kappa shape index (κ1) is 22.8. The molecule has 2 amide bonds. The van der Waals surface area contributed by atoms with Gasteiger partial charge in [0.25, 0.3) is 0 Å². The molecule has 0 fully saturated rings. The smallest absolute Gasteiger partial charge is 0.404 e. The second kappa shape index (κ2) is 10.2. The molecule has 27 heavy (non-hydrogen) atoms. The van der Waals surface area contributed by atoms with Crippen molar-refractivity contribution in [3.8, 4) is 0 Å². The number of carboxylic acid groups (broad SMARTS) is 1. The van der Waals surface area contributed by atoms with Gasteiger partial charge in [0.05, 0.1) is 0 Å². The van der Waals surface area contributed by atoms with Gasteiger partial charge in [-0.25, -0.2) is 14.4 Å². The van der Waals surface area contributed by atoms with Crippen LogP contribution in [0.3, 0.4) is 0 Å². The van der Waals surface area contributed by atoms with Crippen LogP contribution in [0.25, 0.3) is 0 Å². The lowest BCUT2D eigenvalue weighted by atomic mass is 9.77. The molecular formula is C19H32N2O6. The third-order valence-electron chi connectivity index (χ3n) is 4.87. The molecule has 0 bridgehead atoms. The Bertz CT molecular complexity index is 573. The van der Waals surface area contributed by atoms with Crippen molar-refractivity contribution in [3.63, 3.8) is 0 Å². The Morgan fingerprint density at radius 1 is 1.04 bits per heavy atom. The van der Waals surface area contributed by atoms with Gasteiger partial charge in [-0.1, -0.05) is 26.8 Å². The molecule has 0 spiro atoms. The van der Waals surface area contributed by atoms with Crippen LogP contribution < -0.4 is 11.5 Å². The highest BCUT2D eigenvalue weighted by Crippen LogP contribution is 2.35. The number of primary amides is 2. The normalized spacial score (nSPS) is 27.1. The maximum absolute atomic E-state index is 11.5. The highest BCUT2D eigenvalue weighted by atomic mass is 16.6. The number of aliphatic carboxylic acids is 1. The van der Waals surface area contributed by atoms with Crippen LogP contribution in [0.5, 0.6) is 0 Å². The Labute approximate surface area is 160 Å². The van der Waals surface area contributed by atoms with Gasteiger partial charge in [0.15, 0.2) is 0 Å². The molecule has 1 aliphatic rings. The minimum Gasteiger partial charge on any atom is -0.478 e. The van der Waals surface area contributed by atoms with Gasteiger partial charge in [-0.15, -0.1) is 0 Å². The molecular weight excluding hydrogens is 352 g/mol. The summed E-state index contributed by atoms with van der Waals surface area (Å²) in [5, 5.41) is 9.45. The third kappa shape index (κ3) is 9.30. The van der Waals surface area contributed by atoms with E-state index in [1.54, 1.807) is 6.08 Å². The molecule has 3 atom stereocenters. The average molecular weight is 384 g/mol. The van der Waals surface area contributed by atoms with E-state index in [0.29, 0.717) is 25.2 Å². The molecule has 8 nitrogen and oxygen atoms in total. The maximum atomic E-state index is 11.5. The van der Waals surface area contributed by atoms with Crippen molar-refractivity contribution in [2.75, 3.05) is 0 Å². The standard InChI is InChI=1S/C19H32N2O6/c1-12-4-7-14(26-17(20)24)8-5-13(16(22)23)6-9-15(27-18(21)25)11-19(2,3)10-12/h5,12,14-15H,4,6-11H2,1-3H3,(H2,20,24)(H2,21,25)(H,22,23). The lowest BCUT2D eigenvalue weighted by Gasteiger charge is -2.32. The molecule has 0 aromatic carbocycles. The summed E-state index contributed by atoms with van der Waals surface area (Å²) in [6, 6.07) is 0. The van der Waals surface area contributed by atoms with E-state index in [2.05, 4.69) is 20.8 Å². The second-order valence-electron chi connectivity index (χ2n) is 8.18. The van der Waals surface area contributed by atoms with Gasteiger partial charge < -0.3 is 26.0 Å². The fraction of sp³-hybridized carbons (Fsp3) is 0.737. The van der Waals surface area contributed by atoms with Crippen molar-refractivity contribution in [1.82, 2.24) is 0 Å². The number of hydrogen-bond donors (Lipinski definition) is 3. The molecule has 3 unspecified atom stereocenters. The van der Waals surface area contributed by atoms with Gasteiger partial charge in [0, 0.05) is 12.0 Å². The Morgan fingerprint density at radius 3 is 2.19 bits per heavy atom. The topological polar surface area (TPSA) is 142 Å². The Balaban J connectivity index is 3.06. The van der Waals surface area contributed by atoms with Crippen LogP contribution in [0.15, 0.2) is 11.6 Å². The van der Waals surface area contributed by atoms with E-state index in [1.807, 2.05) is 0 Å². The van der Waals surface area contributed by atoms with Crippen molar-refractivity contribution >= 4 is 18.2 Å². The van der Waals surface area contributed by atoms with Crippen LogP contribution >= 0.6 is 0 Å². The zero-order valence-corrected chi connectivity index (χ0v) is 16.4. The molecule has 5 N–H and O–H groups in total. The Morgan fingerprint density at radius 2 is 1.63 bits per heavy atom. The number of rotatable bonds is 3. The van der Waals surface area contributed by atoms with Gasteiger partial charge in [0.2, 0.25) is 0 Å². The van der Waals surface area contributed by atoms with E-state index in [1.165, 1.54) is 0 Å². The molecule has 0 saturated heterocycles. The molecule has 0 radical (unpaired) electrons. The molecule has 0 heterocycles. The van der Waals surface area contributed by atoms with E-state index < -0.39 is 30.4 Å². The molecule has 8 heteroatoms. The summed E-state index contributed by atoms with van der Waals surface area (Å²) in [5.41, 5.74) is 10.4. The maximum Gasteiger partial charge on any atom is 0.404 e. The van der Waals surface area contributed by atoms with Crippen molar-refractivity contribution in [2.24, 2.45) is 22.8 Å². The van der Waals surface area contributed by atoms with Crippen LogP contribution in [-0.4, -0.2) is 35.5 Å². The van der Waals surface area contributed by atoms with Gasteiger partial charge >= 0.3 is 18.2 Å². The van der Waals surface area contributed by atoms with Gasteiger partial charge in [-0.2, -0.15) is 0 Å². The fourth-order valence-electron chi connectivity index (χ4n) is 3.86. The highest BCUT2D eigenvalue weighted by Gasteiger charge is 2.29. The first-order valence-electron chi connectivity index (χ1n) is 9.33. The predicted molar refractivity (Wildman–Crippen MR) is 99.9 cm³/mol. The lowest BCUT2D eigenvalue weighted by Crippen LogP contribution is -2.29. The zero-order chi connectivity index (χ0) is 20.6. The molecule has 1 aliphatic carbocycles. The first-order valence-corrected chi connectivity index (χ1v) is 9.33. The Hall–Kier alpha value is -2.25. The Kier molecular flexibility index (Phi) is 8.59. The summed E-state index contributed by atoms with van der Waals surface area (Å²) in [6.45, 7) is 6.29. The quantitative estimate of drug-likeness (QED) is 0.681. The van der Waals surface area contributed by atoms with Crippen LogP contribution in [0, 0.1) is 11.3 Å². The predicted octanol–water partition coefficient (Wildman–Crippen LogP) is 3.33. The van der Waals surface area contributed by atoms with Crippen molar-refractivity contribution in [2.45, 2.75) is 77.9 Å². The third-order valence-corrected chi connectivity index (χ3v) is 4.87. The van der Waals surface area contributed by atoms with Crippen molar-refractivity contribution in [1.29, 1.82) is 0 Å². The number of carbonyl (C=O) groups is 3. The monoisotopic (exact) mass is 384 g/mol. The number of nitrogens with two attached hydrogens (primary N) is 2. The SMILES string of the molecule is CC1CCC(OC(N)=O)CC=C(C(=O)O)CCC(OC(N)=O)CC(C)(C)C1. The number of ether oxygens (including phenoxy) is 2. The molecule has 1 rings (SSSR count). The summed E-state index contributed by atoms with van der Waals surface area (Å²) in [6.07, 6.45) is 2.68. The lowest BCUT2D eigenvalue weighted by molar-refractivity contribution is -0.132. The second-order valence-corrected chi connectivity index (χ2v) is 8.18. The largest absolute Gasteiger partial charge is 0.478 e. The van der Waals surface area contributed by atoms with Crippen LogP contribution in [0.1, 0.15) is 65.7 Å². The molecule has 154 valence electrons. The summed E-state index contributed by atoms with van der Waals surface area (Å²) in [4.78, 5) is 33.9. The van der Waals surface area contributed by atoms with Crippen LogP contribution in [0.4, 0.5) is 9.59 Å². The summed E-state index contributed by atoms with van der Waals surface area (Å²) in [5.74, 6) is -0.704. The molecule has 0 aromatic rings. The number of carbonyl (C=O) groups excluding carboxylic acids is 2. The van der Waals surface area contributed by atoms with Gasteiger partial charge in [-0.05, 0) is 49.9 Å². The number of carboxylic acids is 1. The van der Waals surface area contributed by atoms with Gasteiger partial charge in [-0.3, -0.25) is 0 Å². The van der Waals surface area contributed by atoms with Gasteiger partial charge in [0.1, 0.15) is 12.2 Å². The zero-order valence-electron chi connectivity index (χ0n) is 16.4. The number of amides is 2. The highest BCUT2D eigenvalue weighted by molar-refractivity contribution is 5.86. The van der Waals surface area contributed by atoms with Crippen LogP contribution in [-0.2, 0) is 14.3 Å². The molecule has 0 saturated carbocycles. The van der Waals surface area contributed by atoms with Crippen LogP contribution in [0.2, 0.25) is 0 Å². The van der Waals surface area contributed by atoms with E-state index >= 15 is 0 Å². The van der Waals surface area contributed by atoms with E-state index in [4.69, 9.17) is 20.9 Å². The molecule has 0 aromatic heterocycles. The fourth-order valence-corrected chi connectivity index (χ4v) is 3.86. The summed E-state index contributed by atoms with van der Waals surface area (Å²) < 4.78 is 10.4.